The van der Waals surface area contributed by atoms with Gasteiger partial charge in [0.1, 0.15) is 0 Å². The lowest BCUT2D eigenvalue weighted by Gasteiger charge is -2.11. The van der Waals surface area contributed by atoms with Gasteiger partial charge in [0.25, 0.3) is 0 Å². The summed E-state index contributed by atoms with van der Waals surface area (Å²) < 4.78 is 25.9. The predicted molar refractivity (Wildman–Crippen MR) is 109 cm³/mol. The summed E-state index contributed by atoms with van der Waals surface area (Å²) in [5.41, 5.74) is 5.74. The normalized spacial score (nSPS) is 12.7. The highest BCUT2D eigenvalue weighted by Gasteiger charge is 2.21. The second-order valence-electron chi connectivity index (χ2n) is 7.16. The number of amides is 1. The third-order valence-electron chi connectivity index (χ3n) is 4.88. The summed E-state index contributed by atoms with van der Waals surface area (Å²) in [6.07, 6.45) is 2.48. The first-order valence-electron chi connectivity index (χ1n) is 9.37. The molecule has 2 aromatic rings. The average molecular weight is 387 g/mol. The molecule has 0 bridgehead atoms. The van der Waals surface area contributed by atoms with E-state index in [1.54, 1.807) is 13.8 Å². The molecule has 1 amide bonds. The van der Waals surface area contributed by atoms with Gasteiger partial charge in [-0.3, -0.25) is 4.79 Å². The van der Waals surface area contributed by atoms with Crippen LogP contribution in [0.25, 0.3) is 11.1 Å². The van der Waals surface area contributed by atoms with Crippen LogP contribution in [-0.4, -0.2) is 26.1 Å². The molecule has 0 atom stereocenters. The van der Waals surface area contributed by atoms with Gasteiger partial charge in [-0.05, 0) is 55.0 Å². The van der Waals surface area contributed by atoms with Crippen LogP contribution in [0.1, 0.15) is 44.2 Å². The second-order valence-corrected chi connectivity index (χ2v) is 9.48. The Bertz CT molecular complexity index is 936. The van der Waals surface area contributed by atoms with Crippen molar-refractivity contribution in [1.29, 1.82) is 0 Å². The lowest BCUT2D eigenvalue weighted by atomic mass is 10.0. The van der Waals surface area contributed by atoms with Gasteiger partial charge in [-0.15, -0.1) is 0 Å². The van der Waals surface area contributed by atoms with Crippen LogP contribution in [-0.2, 0) is 21.2 Å². The molecule has 2 N–H and O–H groups in total. The SMILES string of the molecule is CC(C)S(=O)(=O)NCCCCC(=O)Nc1cccc2c1Cc1ccccc1-2. The number of hydrogen-bond donors (Lipinski definition) is 2. The molecule has 1 aliphatic rings. The summed E-state index contributed by atoms with van der Waals surface area (Å²) in [7, 11) is -3.23. The molecule has 0 saturated carbocycles. The largest absolute Gasteiger partial charge is 0.326 e. The number of benzene rings is 2. The Hall–Kier alpha value is -2.18. The van der Waals surface area contributed by atoms with E-state index in [1.807, 2.05) is 24.3 Å². The van der Waals surface area contributed by atoms with Crippen LogP contribution < -0.4 is 10.0 Å². The number of nitrogens with one attached hydrogen (secondary N) is 2. The van der Waals surface area contributed by atoms with Crippen molar-refractivity contribution in [1.82, 2.24) is 4.72 Å². The van der Waals surface area contributed by atoms with Gasteiger partial charge in [0, 0.05) is 25.1 Å². The van der Waals surface area contributed by atoms with Crippen molar-refractivity contribution in [3.8, 4) is 11.1 Å². The molecule has 0 unspecified atom stereocenters. The maximum Gasteiger partial charge on any atom is 0.224 e. The molecule has 0 spiro atoms. The van der Waals surface area contributed by atoms with Gasteiger partial charge in [-0.2, -0.15) is 0 Å². The summed E-state index contributed by atoms with van der Waals surface area (Å²) in [4.78, 5) is 12.3. The molecular formula is C21H26N2O3S. The first kappa shape index (κ1) is 19.6. The fraction of sp³-hybridized carbons (Fsp3) is 0.381. The summed E-state index contributed by atoms with van der Waals surface area (Å²) in [5.74, 6) is -0.0360. The molecule has 2 aromatic carbocycles. The molecule has 0 saturated heterocycles. The zero-order chi connectivity index (χ0) is 19.4. The molecular weight excluding hydrogens is 360 g/mol. The molecule has 6 heteroatoms. The third kappa shape index (κ3) is 4.57. The predicted octanol–water partition coefficient (Wildman–Crippen LogP) is 3.69. The Morgan fingerprint density at radius 1 is 1.04 bits per heavy atom. The minimum absolute atomic E-state index is 0.0360. The molecule has 0 aliphatic heterocycles. The maximum atomic E-state index is 12.3. The van der Waals surface area contributed by atoms with E-state index in [4.69, 9.17) is 0 Å². The third-order valence-corrected chi connectivity index (χ3v) is 6.73. The van der Waals surface area contributed by atoms with E-state index in [0.717, 1.165) is 17.7 Å². The summed E-state index contributed by atoms with van der Waals surface area (Å²) in [6.45, 7) is 3.66. The Kier molecular flexibility index (Phi) is 5.97. The highest BCUT2D eigenvalue weighted by Crippen LogP contribution is 2.39. The molecule has 0 fully saturated rings. The summed E-state index contributed by atoms with van der Waals surface area (Å²) in [6, 6.07) is 14.3. The maximum absolute atomic E-state index is 12.3. The molecule has 144 valence electrons. The molecule has 0 radical (unpaired) electrons. The zero-order valence-corrected chi connectivity index (χ0v) is 16.6. The quantitative estimate of drug-likeness (QED) is 0.580. The lowest BCUT2D eigenvalue weighted by Crippen LogP contribution is -2.31. The van der Waals surface area contributed by atoms with Gasteiger partial charge in [-0.1, -0.05) is 36.4 Å². The zero-order valence-electron chi connectivity index (χ0n) is 15.8. The van der Waals surface area contributed by atoms with Gasteiger partial charge in [0.15, 0.2) is 0 Å². The van der Waals surface area contributed by atoms with E-state index in [-0.39, 0.29) is 5.91 Å². The number of carbonyl (C=O) groups excluding carboxylic acids is 1. The van der Waals surface area contributed by atoms with Crippen LogP contribution in [0.4, 0.5) is 5.69 Å². The highest BCUT2D eigenvalue weighted by atomic mass is 32.2. The average Bonchev–Trinajstić information content (AvgIpc) is 3.01. The number of unbranched alkanes of at least 4 members (excludes halogenated alkanes) is 1. The van der Waals surface area contributed by atoms with E-state index in [2.05, 4.69) is 28.2 Å². The smallest absolute Gasteiger partial charge is 0.224 e. The van der Waals surface area contributed by atoms with Crippen LogP contribution >= 0.6 is 0 Å². The number of carbonyl (C=O) groups is 1. The van der Waals surface area contributed by atoms with Gasteiger partial charge < -0.3 is 5.32 Å². The van der Waals surface area contributed by atoms with Crippen LogP contribution in [0.5, 0.6) is 0 Å². The molecule has 27 heavy (non-hydrogen) atoms. The van der Waals surface area contributed by atoms with Gasteiger partial charge in [-0.25, -0.2) is 13.1 Å². The van der Waals surface area contributed by atoms with E-state index < -0.39 is 15.3 Å². The molecule has 0 heterocycles. The topological polar surface area (TPSA) is 75.3 Å². The fourth-order valence-electron chi connectivity index (χ4n) is 3.28. The van der Waals surface area contributed by atoms with E-state index in [1.165, 1.54) is 16.7 Å². The Labute approximate surface area is 161 Å². The van der Waals surface area contributed by atoms with Crippen molar-refractivity contribution < 1.29 is 13.2 Å². The summed E-state index contributed by atoms with van der Waals surface area (Å²) in [5, 5.41) is 2.59. The van der Waals surface area contributed by atoms with Gasteiger partial charge in [0.05, 0.1) is 5.25 Å². The second kappa shape index (κ2) is 8.23. The van der Waals surface area contributed by atoms with Crippen molar-refractivity contribution in [3.05, 3.63) is 53.6 Å². The number of anilines is 1. The van der Waals surface area contributed by atoms with Crippen molar-refractivity contribution in [2.24, 2.45) is 0 Å². The van der Waals surface area contributed by atoms with Crippen LogP contribution in [0.3, 0.4) is 0 Å². The molecule has 1 aliphatic carbocycles. The first-order valence-corrected chi connectivity index (χ1v) is 10.9. The number of rotatable bonds is 8. The minimum Gasteiger partial charge on any atom is -0.326 e. The van der Waals surface area contributed by atoms with Crippen molar-refractivity contribution in [3.63, 3.8) is 0 Å². The lowest BCUT2D eigenvalue weighted by molar-refractivity contribution is -0.116. The molecule has 5 nitrogen and oxygen atoms in total. The monoisotopic (exact) mass is 386 g/mol. The van der Waals surface area contributed by atoms with E-state index >= 15 is 0 Å². The fourth-order valence-corrected chi connectivity index (χ4v) is 4.04. The Morgan fingerprint density at radius 2 is 1.78 bits per heavy atom. The molecule has 3 rings (SSSR count). The molecule has 0 aromatic heterocycles. The van der Waals surface area contributed by atoms with Crippen LogP contribution in [0.15, 0.2) is 42.5 Å². The van der Waals surface area contributed by atoms with E-state index in [0.29, 0.717) is 25.8 Å². The van der Waals surface area contributed by atoms with Gasteiger partial charge >= 0.3 is 0 Å². The number of sulfonamides is 1. The number of hydrogen-bond acceptors (Lipinski definition) is 3. The Balaban J connectivity index is 1.52. The highest BCUT2D eigenvalue weighted by molar-refractivity contribution is 7.90. The van der Waals surface area contributed by atoms with Crippen LogP contribution in [0.2, 0.25) is 0 Å². The number of fused-ring (bicyclic) bond motifs is 3. The minimum atomic E-state index is -3.23. The van der Waals surface area contributed by atoms with Crippen molar-refractivity contribution in [2.45, 2.75) is 44.8 Å². The Morgan fingerprint density at radius 3 is 2.56 bits per heavy atom. The van der Waals surface area contributed by atoms with Crippen molar-refractivity contribution in [2.75, 3.05) is 11.9 Å². The van der Waals surface area contributed by atoms with Crippen LogP contribution in [0, 0.1) is 0 Å². The van der Waals surface area contributed by atoms with E-state index in [9.17, 15) is 13.2 Å². The first-order chi connectivity index (χ1) is 12.9. The standard InChI is InChI=1S/C21H26N2O3S/c1-15(2)27(25,26)22-13-6-5-12-21(24)23-20-11-7-10-18-17-9-4-3-8-16(17)14-19(18)20/h3-4,7-11,15,22H,5-6,12-14H2,1-2H3,(H,23,24). The summed E-state index contributed by atoms with van der Waals surface area (Å²) >= 11 is 0. The van der Waals surface area contributed by atoms with Gasteiger partial charge in [0.2, 0.25) is 15.9 Å². The van der Waals surface area contributed by atoms with Crippen molar-refractivity contribution >= 4 is 21.6 Å².